The van der Waals surface area contributed by atoms with Crippen LogP contribution in [0.25, 0.3) is 10.2 Å². The van der Waals surface area contributed by atoms with Crippen LogP contribution >= 0.6 is 11.3 Å². The van der Waals surface area contributed by atoms with Gasteiger partial charge < -0.3 is 10.1 Å². The van der Waals surface area contributed by atoms with Gasteiger partial charge in [-0.3, -0.25) is 9.69 Å². The van der Waals surface area contributed by atoms with Gasteiger partial charge in [-0.25, -0.2) is 4.98 Å². The van der Waals surface area contributed by atoms with Crippen LogP contribution < -0.4 is 10.2 Å². The van der Waals surface area contributed by atoms with Crippen molar-refractivity contribution in [1.29, 1.82) is 0 Å². The molecule has 1 amide bonds. The van der Waals surface area contributed by atoms with E-state index in [1.807, 2.05) is 44.2 Å². The molecule has 0 saturated carbocycles. The summed E-state index contributed by atoms with van der Waals surface area (Å²) in [6.07, 6.45) is 0. The Kier molecular flexibility index (Phi) is 3.94. The molecule has 3 aromatic rings. The van der Waals surface area contributed by atoms with Gasteiger partial charge in [0, 0.05) is 23.9 Å². The molecule has 0 saturated heterocycles. The third kappa shape index (κ3) is 2.67. The molecule has 1 aliphatic rings. The fourth-order valence-electron chi connectivity index (χ4n) is 3.19. The van der Waals surface area contributed by atoms with Crippen LogP contribution in [0.2, 0.25) is 0 Å². The summed E-state index contributed by atoms with van der Waals surface area (Å²) in [5.41, 5.74) is 4.94. The smallest absolute Gasteiger partial charge is 0.272 e. The number of hydrogen-bond donors (Lipinski definition) is 1. The summed E-state index contributed by atoms with van der Waals surface area (Å²) in [6, 6.07) is 10.0. The second-order valence-corrected chi connectivity index (χ2v) is 7.24. The first kappa shape index (κ1) is 16.1. The minimum absolute atomic E-state index is 0.0154. The van der Waals surface area contributed by atoms with E-state index in [-0.39, 0.29) is 5.91 Å². The van der Waals surface area contributed by atoms with Crippen molar-refractivity contribution in [3.8, 4) is 0 Å². The van der Waals surface area contributed by atoms with E-state index in [1.165, 1.54) is 16.9 Å². The minimum atomic E-state index is 0.0154. The van der Waals surface area contributed by atoms with E-state index >= 15 is 0 Å². The van der Waals surface area contributed by atoms with Crippen molar-refractivity contribution in [2.24, 2.45) is 0 Å². The van der Waals surface area contributed by atoms with Gasteiger partial charge >= 0.3 is 0 Å². The molecule has 3 heterocycles. The molecule has 0 unspecified atom stereocenters. The molecule has 6 heteroatoms. The molecule has 5 nitrogen and oxygen atoms in total. The van der Waals surface area contributed by atoms with Crippen LogP contribution in [0.1, 0.15) is 26.5 Å². The number of aromatic nitrogens is 1. The summed E-state index contributed by atoms with van der Waals surface area (Å²) in [5, 5.41) is 4.42. The summed E-state index contributed by atoms with van der Waals surface area (Å²) in [4.78, 5) is 21.0. The van der Waals surface area contributed by atoms with Gasteiger partial charge in [0.25, 0.3) is 5.91 Å². The predicted molar refractivity (Wildman–Crippen MR) is 102 cm³/mol. The van der Waals surface area contributed by atoms with Crippen LogP contribution in [0.5, 0.6) is 0 Å². The zero-order chi connectivity index (χ0) is 17.6. The third-order valence-corrected chi connectivity index (χ3v) is 5.44. The van der Waals surface area contributed by atoms with Crippen molar-refractivity contribution in [1.82, 2.24) is 4.98 Å². The molecule has 25 heavy (non-hydrogen) atoms. The van der Waals surface area contributed by atoms with E-state index in [0.29, 0.717) is 18.2 Å². The molecule has 128 valence electrons. The molecular weight excluding hydrogens is 334 g/mol. The maximum absolute atomic E-state index is 13.1. The van der Waals surface area contributed by atoms with Crippen LogP contribution in [0.4, 0.5) is 11.4 Å². The molecule has 0 atom stereocenters. The molecule has 0 radical (unpaired) electrons. The third-order valence-electron chi connectivity index (χ3n) is 4.37. The molecule has 1 aliphatic heterocycles. The lowest BCUT2D eigenvalue weighted by atomic mass is 10.1. The predicted octanol–water partition coefficient (Wildman–Crippen LogP) is 4.09. The molecule has 2 aromatic heterocycles. The Bertz CT molecular complexity index is 963. The van der Waals surface area contributed by atoms with Crippen LogP contribution in [-0.4, -0.2) is 24.7 Å². The van der Waals surface area contributed by atoms with E-state index in [9.17, 15) is 4.79 Å². The molecular formula is C19H19N3O2S. The van der Waals surface area contributed by atoms with Gasteiger partial charge in [-0.2, -0.15) is 0 Å². The SMILES string of the molecule is COCc1cc(C)nc2sc3c(c12)NCN(c1ccc(C)cc1)C3=O. The molecule has 0 aliphatic carbocycles. The number of hydrogen-bond acceptors (Lipinski definition) is 5. The van der Waals surface area contributed by atoms with Crippen LogP contribution in [0.15, 0.2) is 30.3 Å². The number of aryl methyl sites for hydroxylation is 2. The first-order chi connectivity index (χ1) is 12.1. The van der Waals surface area contributed by atoms with Gasteiger partial charge in [-0.15, -0.1) is 11.3 Å². The number of fused-ring (bicyclic) bond motifs is 3. The van der Waals surface area contributed by atoms with Crippen molar-refractivity contribution in [3.63, 3.8) is 0 Å². The summed E-state index contributed by atoms with van der Waals surface area (Å²) >= 11 is 1.44. The average molecular weight is 353 g/mol. The highest BCUT2D eigenvalue weighted by molar-refractivity contribution is 7.21. The van der Waals surface area contributed by atoms with E-state index in [1.54, 1.807) is 12.0 Å². The zero-order valence-corrected chi connectivity index (χ0v) is 15.2. The lowest BCUT2D eigenvalue weighted by molar-refractivity contribution is 0.0990. The lowest BCUT2D eigenvalue weighted by Crippen LogP contribution is -2.39. The molecule has 0 spiro atoms. The van der Waals surface area contributed by atoms with Crippen LogP contribution in [0.3, 0.4) is 0 Å². The summed E-state index contributed by atoms with van der Waals surface area (Å²) < 4.78 is 5.33. The Morgan fingerprint density at radius 2 is 2.04 bits per heavy atom. The monoisotopic (exact) mass is 353 g/mol. The normalized spacial score (nSPS) is 13.9. The minimum Gasteiger partial charge on any atom is -0.380 e. The number of rotatable bonds is 3. The van der Waals surface area contributed by atoms with Gasteiger partial charge in [0.2, 0.25) is 0 Å². The maximum Gasteiger partial charge on any atom is 0.272 e. The molecule has 1 N–H and O–H groups in total. The van der Waals surface area contributed by atoms with E-state index in [0.717, 1.165) is 32.8 Å². The number of pyridine rings is 1. The first-order valence-electron chi connectivity index (χ1n) is 8.13. The second kappa shape index (κ2) is 6.13. The molecule has 4 rings (SSSR count). The number of methoxy groups -OCH3 is 1. The Morgan fingerprint density at radius 3 is 2.76 bits per heavy atom. The topological polar surface area (TPSA) is 54.5 Å². The van der Waals surface area contributed by atoms with Crippen LogP contribution in [-0.2, 0) is 11.3 Å². The highest BCUT2D eigenvalue weighted by atomic mass is 32.1. The Morgan fingerprint density at radius 1 is 1.28 bits per heavy atom. The summed E-state index contributed by atoms with van der Waals surface area (Å²) in [6.45, 7) is 4.95. The highest BCUT2D eigenvalue weighted by Gasteiger charge is 2.30. The number of thiophene rings is 1. The number of carbonyl (C=O) groups is 1. The lowest BCUT2D eigenvalue weighted by Gasteiger charge is -2.28. The number of nitrogens with zero attached hydrogens (tertiary/aromatic N) is 2. The fourth-order valence-corrected chi connectivity index (χ4v) is 4.38. The number of ether oxygens (including phenoxy) is 1. The van der Waals surface area contributed by atoms with Gasteiger partial charge in [-0.1, -0.05) is 17.7 Å². The number of anilines is 2. The number of carbonyl (C=O) groups excluding carboxylic acids is 1. The number of nitrogens with one attached hydrogen (secondary N) is 1. The van der Waals surface area contributed by atoms with Gasteiger partial charge in [0.05, 0.1) is 19.0 Å². The van der Waals surface area contributed by atoms with E-state index in [2.05, 4.69) is 10.3 Å². The van der Waals surface area contributed by atoms with E-state index in [4.69, 9.17) is 4.74 Å². The van der Waals surface area contributed by atoms with Crippen LogP contribution in [0, 0.1) is 13.8 Å². The largest absolute Gasteiger partial charge is 0.380 e. The number of benzene rings is 1. The van der Waals surface area contributed by atoms with Gasteiger partial charge in [0.1, 0.15) is 9.71 Å². The van der Waals surface area contributed by atoms with E-state index < -0.39 is 0 Å². The summed E-state index contributed by atoms with van der Waals surface area (Å²) in [7, 11) is 1.68. The average Bonchev–Trinajstić information content (AvgIpc) is 2.96. The molecule has 1 aromatic carbocycles. The highest BCUT2D eigenvalue weighted by Crippen LogP contribution is 2.40. The molecule has 0 fully saturated rings. The van der Waals surface area contributed by atoms with Crippen molar-refractivity contribution >= 4 is 38.8 Å². The maximum atomic E-state index is 13.1. The Labute approximate surface area is 150 Å². The van der Waals surface area contributed by atoms with Gasteiger partial charge in [0.15, 0.2) is 0 Å². The summed E-state index contributed by atoms with van der Waals surface area (Å²) in [5.74, 6) is 0.0154. The van der Waals surface area contributed by atoms with Gasteiger partial charge in [-0.05, 0) is 37.6 Å². The van der Waals surface area contributed by atoms with Crippen molar-refractivity contribution in [3.05, 3.63) is 52.0 Å². The Balaban J connectivity index is 1.82. The Hall–Kier alpha value is -2.44. The van der Waals surface area contributed by atoms with Crippen molar-refractivity contribution < 1.29 is 9.53 Å². The number of amides is 1. The standard InChI is InChI=1S/C19H19N3O2S/c1-11-4-6-14(7-5-11)22-10-20-16-15-13(9-24-3)8-12(2)21-18(15)25-17(16)19(22)23/h4-8,20H,9-10H2,1-3H3. The van der Waals surface area contributed by atoms with Crippen molar-refractivity contribution in [2.75, 3.05) is 24.0 Å². The fraction of sp³-hybridized carbons (Fsp3) is 0.263. The van der Waals surface area contributed by atoms with Crippen molar-refractivity contribution in [2.45, 2.75) is 20.5 Å². The molecule has 0 bridgehead atoms. The quantitative estimate of drug-likeness (QED) is 0.770. The second-order valence-electron chi connectivity index (χ2n) is 6.25. The zero-order valence-electron chi connectivity index (χ0n) is 14.4. The first-order valence-corrected chi connectivity index (χ1v) is 8.94.